The van der Waals surface area contributed by atoms with Crippen molar-refractivity contribution in [3.8, 4) is 5.75 Å². The van der Waals surface area contributed by atoms with Crippen LogP contribution in [0.25, 0.3) is 16.8 Å². The van der Waals surface area contributed by atoms with Gasteiger partial charge in [-0.25, -0.2) is 0 Å². The summed E-state index contributed by atoms with van der Waals surface area (Å²) in [4.78, 5) is 10.9. The first-order chi connectivity index (χ1) is 9.22. The molecule has 3 heteroatoms. The van der Waals surface area contributed by atoms with Crippen LogP contribution in [0.15, 0.2) is 42.5 Å². The summed E-state index contributed by atoms with van der Waals surface area (Å²) in [7, 11) is 1.67. The van der Waals surface area contributed by atoms with Crippen molar-refractivity contribution in [2.24, 2.45) is 0 Å². The van der Waals surface area contributed by atoms with Gasteiger partial charge in [0.2, 0.25) is 0 Å². The highest BCUT2D eigenvalue weighted by Crippen LogP contribution is 2.29. The molecular formula is C16H16O2S. The first-order valence-corrected chi connectivity index (χ1v) is 7.06. The smallest absolute Gasteiger partial charge is 0.186 e. The maximum Gasteiger partial charge on any atom is 0.186 e. The van der Waals surface area contributed by atoms with Crippen LogP contribution in [0.2, 0.25) is 0 Å². The molecule has 0 atom stereocenters. The van der Waals surface area contributed by atoms with Crippen molar-refractivity contribution in [3.63, 3.8) is 0 Å². The van der Waals surface area contributed by atoms with Crippen LogP contribution in [-0.4, -0.2) is 18.0 Å². The quantitative estimate of drug-likeness (QED) is 0.836. The van der Waals surface area contributed by atoms with Crippen molar-refractivity contribution in [1.29, 1.82) is 0 Å². The van der Waals surface area contributed by atoms with Crippen molar-refractivity contribution >= 4 is 33.7 Å². The van der Waals surface area contributed by atoms with Gasteiger partial charge in [0.25, 0.3) is 0 Å². The summed E-state index contributed by atoms with van der Waals surface area (Å²) in [5, 5.41) is 2.47. The van der Waals surface area contributed by atoms with Crippen LogP contribution in [0.3, 0.4) is 0 Å². The van der Waals surface area contributed by atoms with Gasteiger partial charge in [-0.15, -0.1) is 0 Å². The molecule has 2 nitrogen and oxygen atoms in total. The normalized spacial score (nSPS) is 11.1. The monoisotopic (exact) mass is 272 g/mol. The Morgan fingerprint density at radius 2 is 2.05 bits per heavy atom. The average Bonchev–Trinajstić information content (AvgIpc) is 2.43. The predicted molar refractivity (Wildman–Crippen MR) is 82.7 cm³/mol. The van der Waals surface area contributed by atoms with E-state index in [-0.39, 0.29) is 5.12 Å². The third-order valence-corrected chi connectivity index (χ3v) is 3.58. The summed E-state index contributed by atoms with van der Waals surface area (Å²) in [5.41, 5.74) is 1.06. The summed E-state index contributed by atoms with van der Waals surface area (Å²) >= 11 is 1.30. The van der Waals surface area contributed by atoms with Crippen molar-refractivity contribution in [2.45, 2.75) is 6.92 Å². The molecule has 0 unspecified atom stereocenters. The van der Waals surface area contributed by atoms with Crippen LogP contribution >= 0.6 is 11.8 Å². The standard InChI is InChI=1S/C16H16O2S/c1-12(17)19-11-5-8-15-14-7-4-3-6-13(14)9-10-16(15)18-2/h3-10H,11H2,1-2H3. The van der Waals surface area contributed by atoms with Crippen LogP contribution in [0.5, 0.6) is 5.75 Å². The molecule has 0 spiro atoms. The Bertz CT molecular complexity index is 617. The number of rotatable bonds is 4. The largest absolute Gasteiger partial charge is 0.496 e. The molecule has 2 aromatic rings. The van der Waals surface area contributed by atoms with Crippen LogP contribution < -0.4 is 4.74 Å². The Hall–Kier alpha value is -1.74. The molecule has 0 heterocycles. The predicted octanol–water partition coefficient (Wildman–Crippen LogP) is 4.14. The molecule has 0 N–H and O–H groups in total. The SMILES string of the molecule is COc1ccc2ccccc2c1C=CCSC(C)=O. The molecule has 0 aliphatic heterocycles. The summed E-state index contributed by atoms with van der Waals surface area (Å²) < 4.78 is 5.41. The van der Waals surface area contributed by atoms with Gasteiger partial charge in [0.15, 0.2) is 5.12 Å². The minimum Gasteiger partial charge on any atom is -0.496 e. The zero-order valence-electron chi connectivity index (χ0n) is 11.1. The number of methoxy groups -OCH3 is 1. The molecule has 98 valence electrons. The molecule has 2 rings (SSSR count). The lowest BCUT2D eigenvalue weighted by Gasteiger charge is -2.08. The van der Waals surface area contributed by atoms with E-state index in [2.05, 4.69) is 18.2 Å². The minimum atomic E-state index is 0.134. The van der Waals surface area contributed by atoms with Gasteiger partial charge in [-0.1, -0.05) is 54.2 Å². The van der Waals surface area contributed by atoms with E-state index >= 15 is 0 Å². The third-order valence-electron chi connectivity index (χ3n) is 2.82. The first-order valence-electron chi connectivity index (χ1n) is 6.08. The van der Waals surface area contributed by atoms with Crippen molar-refractivity contribution < 1.29 is 9.53 Å². The molecule has 0 fully saturated rings. The number of fused-ring (bicyclic) bond motifs is 1. The lowest BCUT2D eigenvalue weighted by molar-refractivity contribution is -0.109. The Balaban J connectivity index is 2.36. The average molecular weight is 272 g/mol. The fourth-order valence-corrected chi connectivity index (χ4v) is 2.38. The van der Waals surface area contributed by atoms with Crippen molar-refractivity contribution in [1.82, 2.24) is 0 Å². The molecule has 0 aliphatic rings. The number of carbonyl (C=O) groups is 1. The van der Waals surface area contributed by atoms with E-state index in [0.29, 0.717) is 5.75 Å². The maximum atomic E-state index is 10.9. The zero-order valence-corrected chi connectivity index (χ0v) is 11.9. The van der Waals surface area contributed by atoms with E-state index < -0.39 is 0 Å². The van der Waals surface area contributed by atoms with E-state index in [9.17, 15) is 4.79 Å². The summed E-state index contributed by atoms with van der Waals surface area (Å²) in [5.74, 6) is 1.53. The number of ether oxygens (including phenoxy) is 1. The van der Waals surface area contributed by atoms with Gasteiger partial charge in [-0.2, -0.15) is 0 Å². The van der Waals surface area contributed by atoms with Gasteiger partial charge < -0.3 is 4.74 Å². The molecule has 19 heavy (non-hydrogen) atoms. The zero-order chi connectivity index (χ0) is 13.7. The van der Waals surface area contributed by atoms with Crippen LogP contribution in [0.4, 0.5) is 0 Å². The molecule has 0 amide bonds. The lowest BCUT2D eigenvalue weighted by atomic mass is 10.0. The highest BCUT2D eigenvalue weighted by Gasteiger charge is 2.04. The van der Waals surface area contributed by atoms with Gasteiger partial charge in [0.05, 0.1) is 7.11 Å². The molecular weight excluding hydrogens is 256 g/mol. The molecule has 0 saturated carbocycles. The molecule has 0 aromatic heterocycles. The highest BCUT2D eigenvalue weighted by atomic mass is 32.2. The second kappa shape index (κ2) is 6.43. The Morgan fingerprint density at radius 1 is 1.26 bits per heavy atom. The lowest BCUT2D eigenvalue weighted by Crippen LogP contribution is -1.89. The van der Waals surface area contributed by atoms with E-state index in [4.69, 9.17) is 4.74 Å². The van der Waals surface area contributed by atoms with E-state index in [1.807, 2.05) is 30.4 Å². The Morgan fingerprint density at radius 3 is 2.79 bits per heavy atom. The number of hydrogen-bond acceptors (Lipinski definition) is 3. The second-order valence-corrected chi connectivity index (χ2v) is 5.30. The number of carbonyl (C=O) groups excluding carboxylic acids is 1. The summed E-state index contributed by atoms with van der Waals surface area (Å²) in [6, 6.07) is 12.2. The highest BCUT2D eigenvalue weighted by molar-refractivity contribution is 8.13. The number of thioether (sulfide) groups is 1. The summed E-state index contributed by atoms with van der Waals surface area (Å²) in [6.07, 6.45) is 4.02. The molecule has 2 aromatic carbocycles. The van der Waals surface area contributed by atoms with E-state index in [1.54, 1.807) is 14.0 Å². The third kappa shape index (κ3) is 3.38. The van der Waals surface area contributed by atoms with Gasteiger partial charge in [-0.3, -0.25) is 4.79 Å². The van der Waals surface area contributed by atoms with Crippen molar-refractivity contribution in [2.75, 3.05) is 12.9 Å². The number of benzene rings is 2. The fraction of sp³-hybridized carbons (Fsp3) is 0.188. The van der Waals surface area contributed by atoms with Gasteiger partial charge in [0.1, 0.15) is 5.75 Å². The molecule has 0 bridgehead atoms. The first kappa shape index (κ1) is 13.7. The van der Waals surface area contributed by atoms with Gasteiger partial charge in [0, 0.05) is 18.2 Å². The number of hydrogen-bond donors (Lipinski definition) is 0. The summed E-state index contributed by atoms with van der Waals surface area (Å²) in [6.45, 7) is 1.58. The fourth-order valence-electron chi connectivity index (χ4n) is 1.96. The minimum absolute atomic E-state index is 0.134. The maximum absolute atomic E-state index is 10.9. The van der Waals surface area contributed by atoms with Gasteiger partial charge >= 0.3 is 0 Å². The molecule has 0 saturated heterocycles. The Kier molecular flexibility index (Phi) is 4.63. The van der Waals surface area contributed by atoms with E-state index in [1.165, 1.54) is 17.1 Å². The van der Waals surface area contributed by atoms with E-state index in [0.717, 1.165) is 16.7 Å². The topological polar surface area (TPSA) is 26.3 Å². The second-order valence-electron chi connectivity index (χ2n) is 4.11. The van der Waals surface area contributed by atoms with Crippen LogP contribution in [0, 0.1) is 0 Å². The van der Waals surface area contributed by atoms with Crippen LogP contribution in [0.1, 0.15) is 12.5 Å². The Labute approximate surface area is 117 Å². The van der Waals surface area contributed by atoms with Crippen LogP contribution in [-0.2, 0) is 4.79 Å². The van der Waals surface area contributed by atoms with Crippen molar-refractivity contribution in [3.05, 3.63) is 48.0 Å². The van der Waals surface area contributed by atoms with Gasteiger partial charge in [-0.05, 0) is 16.8 Å². The molecule has 0 aliphatic carbocycles. The molecule has 0 radical (unpaired) electrons.